The number of nitrogens with zero attached hydrogens (tertiary/aromatic N) is 2. The van der Waals surface area contributed by atoms with Gasteiger partial charge in [0.2, 0.25) is 17.7 Å². The van der Waals surface area contributed by atoms with Crippen molar-refractivity contribution >= 4 is 29.4 Å². The number of fused-ring (bicyclic) bond motifs is 1. The number of hydrogen-bond acceptors (Lipinski definition) is 8. The van der Waals surface area contributed by atoms with Gasteiger partial charge in [-0.15, -0.1) is 0 Å². The molecule has 286 valence electrons. The normalized spacial score (nSPS) is 26.8. The van der Waals surface area contributed by atoms with Crippen LogP contribution in [0, 0.1) is 17.3 Å². The summed E-state index contributed by atoms with van der Waals surface area (Å²) < 4.78 is 17.9. The summed E-state index contributed by atoms with van der Waals surface area (Å²) in [5, 5.41) is 5.97. The van der Waals surface area contributed by atoms with E-state index in [4.69, 9.17) is 19.2 Å². The van der Waals surface area contributed by atoms with Gasteiger partial charge in [0.1, 0.15) is 35.2 Å². The van der Waals surface area contributed by atoms with Crippen LogP contribution in [0.3, 0.4) is 0 Å². The third-order valence-corrected chi connectivity index (χ3v) is 10.7. The average Bonchev–Trinajstić information content (AvgIpc) is 3.71. The Balaban J connectivity index is 1.49. The number of unbranched alkanes of at least 4 members (excludes halogenated alkanes) is 1. The molecule has 1 aromatic rings. The molecule has 3 amide bonds. The minimum absolute atomic E-state index is 0.0612. The van der Waals surface area contributed by atoms with E-state index in [9.17, 15) is 19.2 Å². The van der Waals surface area contributed by atoms with Gasteiger partial charge in [0, 0.05) is 36.3 Å². The maximum atomic E-state index is 14.6. The average molecular weight is 729 g/mol. The van der Waals surface area contributed by atoms with Crippen LogP contribution in [0.2, 0.25) is 0 Å². The van der Waals surface area contributed by atoms with Gasteiger partial charge in [-0.1, -0.05) is 83.5 Å². The van der Waals surface area contributed by atoms with Crippen LogP contribution in [-0.4, -0.2) is 84.3 Å². The van der Waals surface area contributed by atoms with Crippen molar-refractivity contribution in [3.05, 3.63) is 83.4 Å². The first-order valence-corrected chi connectivity index (χ1v) is 18.9. The predicted molar refractivity (Wildman–Crippen MR) is 204 cm³/mol. The van der Waals surface area contributed by atoms with E-state index in [-0.39, 0.29) is 49.3 Å². The monoisotopic (exact) mass is 728 g/mol. The van der Waals surface area contributed by atoms with Crippen molar-refractivity contribution in [1.29, 1.82) is 0 Å². The molecule has 2 heterocycles. The Hall–Kier alpha value is -4.67. The fourth-order valence-electron chi connectivity index (χ4n) is 7.55. The molecule has 53 heavy (non-hydrogen) atoms. The molecular weight excluding hydrogens is 672 g/mol. The third kappa shape index (κ3) is 8.44. The van der Waals surface area contributed by atoms with Crippen molar-refractivity contribution in [3.63, 3.8) is 0 Å². The Morgan fingerprint density at radius 2 is 1.83 bits per heavy atom. The lowest BCUT2D eigenvalue weighted by atomic mass is 9.85. The van der Waals surface area contributed by atoms with E-state index >= 15 is 0 Å². The maximum absolute atomic E-state index is 14.6. The summed E-state index contributed by atoms with van der Waals surface area (Å²) in [5.41, 5.74) is 1.41. The van der Waals surface area contributed by atoms with Gasteiger partial charge in [-0.2, -0.15) is 0 Å². The molecular formula is C42H56N4O7. The summed E-state index contributed by atoms with van der Waals surface area (Å²) in [4.78, 5) is 61.9. The second-order valence-corrected chi connectivity index (χ2v) is 15.8. The topological polar surface area (TPSA) is 136 Å². The maximum Gasteiger partial charge on any atom is 0.332 e. The van der Waals surface area contributed by atoms with Crippen LogP contribution in [0.4, 0.5) is 0 Å². The highest BCUT2D eigenvalue weighted by Crippen LogP contribution is 2.49. The molecule has 2 N–H and O–H groups in total. The fraction of sp³-hybridized carbons (Fsp3) is 0.548. The summed E-state index contributed by atoms with van der Waals surface area (Å²) in [6, 6.07) is 7.70. The second kappa shape index (κ2) is 16.1. The lowest BCUT2D eigenvalue weighted by molar-refractivity contribution is -0.150. The first kappa shape index (κ1) is 39.5. The molecule has 11 nitrogen and oxygen atoms in total. The highest BCUT2D eigenvalue weighted by atomic mass is 16.5. The summed E-state index contributed by atoms with van der Waals surface area (Å²) in [5.74, 6) is -0.532. The number of methoxy groups -OCH3 is 1. The van der Waals surface area contributed by atoms with Gasteiger partial charge in [-0.05, 0) is 49.8 Å². The Morgan fingerprint density at radius 1 is 1.11 bits per heavy atom. The highest BCUT2D eigenvalue weighted by molar-refractivity contribution is 6.10. The number of amides is 3. The van der Waals surface area contributed by atoms with Crippen LogP contribution in [0.1, 0.15) is 86.1 Å². The smallest absolute Gasteiger partial charge is 0.332 e. The molecule has 2 aliphatic carbocycles. The van der Waals surface area contributed by atoms with E-state index in [1.165, 1.54) is 4.90 Å². The van der Waals surface area contributed by atoms with Crippen LogP contribution < -0.4 is 10.6 Å². The number of nitrogens with one attached hydrogen (secondary N) is 2. The zero-order valence-corrected chi connectivity index (χ0v) is 32.5. The Kier molecular flexibility index (Phi) is 12.0. The Bertz CT molecular complexity index is 1720. The molecule has 11 heteroatoms. The molecule has 4 aliphatic rings. The number of esters is 1. The summed E-state index contributed by atoms with van der Waals surface area (Å²) in [7, 11) is 1.65. The van der Waals surface area contributed by atoms with E-state index in [0.717, 1.165) is 34.6 Å². The van der Waals surface area contributed by atoms with Crippen LogP contribution in [0.5, 0.6) is 0 Å². The van der Waals surface area contributed by atoms with Crippen molar-refractivity contribution < 1.29 is 33.4 Å². The van der Waals surface area contributed by atoms with Gasteiger partial charge in [-0.3, -0.25) is 19.4 Å². The molecule has 5 rings (SSSR count). The zero-order valence-electron chi connectivity index (χ0n) is 32.5. The number of aliphatic imine (C=N–C) groups is 1. The number of ether oxygens (including phenoxy) is 3. The Morgan fingerprint density at radius 3 is 2.43 bits per heavy atom. The number of carbonyl (C=O) groups excluding carboxylic acids is 4. The van der Waals surface area contributed by atoms with E-state index < -0.39 is 41.0 Å². The van der Waals surface area contributed by atoms with E-state index in [1.807, 2.05) is 83.2 Å². The predicted octanol–water partition coefficient (Wildman–Crippen LogP) is 5.57. The minimum atomic E-state index is -1.25. The molecule has 1 saturated carbocycles. The lowest BCUT2D eigenvalue weighted by Gasteiger charge is -2.35. The zero-order chi connectivity index (χ0) is 38.7. The number of likely N-dealkylation sites (tertiary alicyclic amines) is 1. The van der Waals surface area contributed by atoms with Crippen molar-refractivity contribution in [3.8, 4) is 0 Å². The van der Waals surface area contributed by atoms with Gasteiger partial charge >= 0.3 is 5.97 Å². The molecule has 1 aromatic carbocycles. The largest absolute Gasteiger partial charge is 0.501 e. The van der Waals surface area contributed by atoms with Crippen LogP contribution in [-0.2, 0) is 33.4 Å². The Labute approximate surface area is 314 Å². The first-order chi connectivity index (χ1) is 25.1. The van der Waals surface area contributed by atoms with Crippen LogP contribution in [0.25, 0.3) is 0 Å². The molecule has 0 radical (unpaired) electrons. The number of carbonyl (C=O) groups is 4. The van der Waals surface area contributed by atoms with Gasteiger partial charge in [-0.25, -0.2) is 4.79 Å². The standard InChI is InChI=1S/C42H56N4O7/c1-10-12-18-35(47)44-37(41(6,7)8)39(49)46-24-28(21-32(46)38(48)45-42(40(50)52-11-2)23-30(42)25(3)4)53-34-22-31(27-16-14-13-15-17-27)43-36-26(5)33(51-9)20-19-29(34)36/h13-17,19-20,22,26,28,30,32,36-37H,3,10-12,18,21,23-24H2,1-2,4-9H3,(H,44,47)(H,45,48)/t26?,28-,30-,32+,36?,37-,42-/m1/s1. The first-order valence-electron chi connectivity index (χ1n) is 18.9. The molecule has 2 fully saturated rings. The molecule has 1 saturated heterocycles. The quantitative estimate of drug-likeness (QED) is 0.189. The highest BCUT2D eigenvalue weighted by Gasteiger charge is 2.63. The van der Waals surface area contributed by atoms with Crippen molar-refractivity contribution in [2.24, 2.45) is 22.2 Å². The molecule has 0 aromatic heterocycles. The van der Waals surface area contributed by atoms with Crippen molar-refractivity contribution in [2.45, 2.75) is 110 Å². The van der Waals surface area contributed by atoms with Crippen molar-refractivity contribution in [2.75, 3.05) is 20.3 Å². The van der Waals surface area contributed by atoms with E-state index in [2.05, 4.69) is 24.1 Å². The van der Waals surface area contributed by atoms with Gasteiger partial charge in [0.15, 0.2) is 0 Å². The number of hydrogen-bond donors (Lipinski definition) is 2. The summed E-state index contributed by atoms with van der Waals surface area (Å²) in [6.07, 6.45) is 7.57. The SMILES string of the molecule is C=C(C)[C@H]1C[C@]1(NC(=O)[C@@H]1C[C@@H](OC2=CC(c3ccccc3)=NC3C2=CC=C(OC)C3C)CN1C(=O)[C@@H](NC(=O)CCCC)C(C)(C)C)C(=O)OCC. The van der Waals surface area contributed by atoms with Gasteiger partial charge in [0.25, 0.3) is 0 Å². The molecule has 2 aliphatic heterocycles. The number of allylic oxidation sites excluding steroid dienone is 3. The summed E-state index contributed by atoms with van der Waals surface area (Å²) >= 11 is 0. The minimum Gasteiger partial charge on any atom is -0.501 e. The lowest BCUT2D eigenvalue weighted by Crippen LogP contribution is -2.59. The fourth-order valence-corrected chi connectivity index (χ4v) is 7.55. The van der Waals surface area contributed by atoms with Crippen LogP contribution in [0.15, 0.2) is 82.8 Å². The van der Waals surface area contributed by atoms with E-state index in [0.29, 0.717) is 25.0 Å². The number of benzene rings is 1. The van der Waals surface area contributed by atoms with E-state index in [1.54, 1.807) is 14.0 Å². The third-order valence-electron chi connectivity index (χ3n) is 10.7. The summed E-state index contributed by atoms with van der Waals surface area (Å²) in [6.45, 7) is 17.6. The van der Waals surface area contributed by atoms with Gasteiger partial charge < -0.3 is 29.7 Å². The molecule has 0 spiro atoms. The van der Waals surface area contributed by atoms with Crippen LogP contribution >= 0.6 is 0 Å². The van der Waals surface area contributed by atoms with Gasteiger partial charge in [0.05, 0.1) is 32.0 Å². The number of dihydropyridines is 1. The van der Waals surface area contributed by atoms with Crippen molar-refractivity contribution in [1.82, 2.24) is 15.5 Å². The molecule has 2 unspecified atom stereocenters. The second-order valence-electron chi connectivity index (χ2n) is 15.8. The molecule has 7 atom stereocenters. The number of rotatable bonds is 14. The molecule has 0 bridgehead atoms.